The molecule has 7 heteroatoms. The van der Waals surface area contributed by atoms with Gasteiger partial charge in [0.1, 0.15) is 0 Å². The molecule has 0 radical (unpaired) electrons. The Morgan fingerprint density at radius 1 is 0.548 bits per heavy atom. The van der Waals surface area contributed by atoms with Crippen LogP contribution in [0.25, 0.3) is 0 Å². The van der Waals surface area contributed by atoms with E-state index in [1.54, 1.807) is 12.1 Å². The molecule has 0 atom stereocenters. The molecular weight excluding hydrogens is 471 g/mol. The van der Waals surface area contributed by atoms with Crippen LogP contribution in [0.1, 0.15) is 92.9 Å². The van der Waals surface area contributed by atoms with E-state index < -0.39 is 0 Å². The Hall–Kier alpha value is -1.98. The van der Waals surface area contributed by atoms with Gasteiger partial charge in [-0.05, 0) is 25.7 Å². The van der Waals surface area contributed by atoms with Gasteiger partial charge in [-0.1, -0.05) is 53.4 Å². The molecule has 6 nitrogen and oxygen atoms in total. The largest absolute Gasteiger partial charge is 4.00 e. The monoisotopic (exact) mass is 512 g/mol. The van der Waals surface area contributed by atoms with Crippen molar-refractivity contribution in [3.63, 3.8) is 0 Å². The molecule has 0 bridgehead atoms. The van der Waals surface area contributed by atoms with Crippen LogP contribution in [0.4, 0.5) is 0 Å². The second-order valence-corrected chi connectivity index (χ2v) is 5.60. The van der Waals surface area contributed by atoms with Crippen molar-refractivity contribution in [3.05, 3.63) is 49.4 Å². The zero-order valence-electron chi connectivity index (χ0n) is 20.5. The van der Waals surface area contributed by atoms with Gasteiger partial charge in [0.05, 0.1) is 12.1 Å². The summed E-state index contributed by atoms with van der Waals surface area (Å²) < 4.78 is 0. The number of hydrogen-bond donors (Lipinski definition) is 0. The van der Waals surface area contributed by atoms with Gasteiger partial charge in [-0.3, -0.25) is 0 Å². The van der Waals surface area contributed by atoms with Gasteiger partial charge in [-0.2, -0.15) is 10.5 Å². The summed E-state index contributed by atoms with van der Waals surface area (Å²) in [6.07, 6.45) is 6.18. The Balaban J connectivity index is -0.0000000453. The van der Waals surface area contributed by atoms with Crippen LogP contribution < -0.4 is 20.4 Å². The predicted octanol–water partition coefficient (Wildman–Crippen LogP) is 3.70. The summed E-state index contributed by atoms with van der Waals surface area (Å²) in [5, 5.41) is 54.4. The molecule has 0 N–H and O–H groups in total. The Morgan fingerprint density at radius 2 is 0.645 bits per heavy atom. The molecule has 31 heavy (non-hydrogen) atoms. The number of hydrogen-bond acceptors (Lipinski definition) is 6. The van der Waals surface area contributed by atoms with E-state index in [-0.39, 0.29) is 49.2 Å². The molecule has 176 valence electrons. The van der Waals surface area contributed by atoms with Gasteiger partial charge in [-0.15, -0.1) is 49.4 Å². The molecule has 0 spiro atoms. The van der Waals surface area contributed by atoms with E-state index in [1.165, 1.54) is 13.8 Å². The first kappa shape index (κ1) is 47.0. The molecule has 0 amide bonds. The van der Waals surface area contributed by atoms with E-state index in [1.807, 2.05) is 27.7 Å². The molecule has 0 aromatic rings. The molecular formula is C24H42N2O4Zr. The van der Waals surface area contributed by atoms with E-state index in [9.17, 15) is 20.4 Å². The van der Waals surface area contributed by atoms with Crippen molar-refractivity contribution >= 4 is 0 Å². The molecule has 0 aliphatic rings. The van der Waals surface area contributed by atoms with Gasteiger partial charge in [0.2, 0.25) is 0 Å². The number of nitrogens with zero attached hydrogens (tertiary/aromatic N) is 2. The second-order valence-electron chi connectivity index (χ2n) is 5.60. The third kappa shape index (κ3) is 189. The van der Waals surface area contributed by atoms with Gasteiger partial charge in [-0.25, -0.2) is 0 Å². The van der Waals surface area contributed by atoms with Crippen molar-refractivity contribution in [2.45, 2.75) is 92.9 Å². The topological polar surface area (TPSA) is 140 Å². The van der Waals surface area contributed by atoms with Crippen LogP contribution in [-0.2, 0) is 26.2 Å². The fourth-order valence-electron chi connectivity index (χ4n) is 1.12. The average Bonchev–Trinajstić information content (AvgIpc) is 2.57. The van der Waals surface area contributed by atoms with Gasteiger partial charge in [0, 0.05) is 13.8 Å². The predicted molar refractivity (Wildman–Crippen MR) is 119 cm³/mol. The van der Waals surface area contributed by atoms with Crippen molar-refractivity contribution in [3.8, 4) is 12.1 Å². The van der Waals surface area contributed by atoms with Crippen molar-refractivity contribution in [2.24, 2.45) is 0 Å². The van der Waals surface area contributed by atoms with Crippen LogP contribution in [0.3, 0.4) is 0 Å². The van der Waals surface area contributed by atoms with Gasteiger partial charge in [0.25, 0.3) is 0 Å². The average molecular weight is 514 g/mol. The van der Waals surface area contributed by atoms with Crippen LogP contribution >= 0.6 is 0 Å². The summed E-state index contributed by atoms with van der Waals surface area (Å²) in [4.78, 5) is 0. The van der Waals surface area contributed by atoms with Gasteiger partial charge in [0.15, 0.2) is 0 Å². The van der Waals surface area contributed by atoms with E-state index in [0.29, 0.717) is 25.7 Å². The number of nitriles is 2. The third-order valence-corrected chi connectivity index (χ3v) is 2.12. The summed E-state index contributed by atoms with van der Waals surface area (Å²) in [5.74, 6) is 0.157. The fraction of sp³-hybridized carbons (Fsp3) is 0.583. The van der Waals surface area contributed by atoms with Gasteiger partial charge < -0.3 is 20.4 Å². The quantitative estimate of drug-likeness (QED) is 0.453. The van der Waals surface area contributed by atoms with E-state index in [2.05, 4.69) is 26.3 Å². The molecule has 0 aromatic carbocycles. The molecule has 0 fully saturated rings. The molecule has 0 unspecified atom stereocenters. The summed E-state index contributed by atoms with van der Waals surface area (Å²) in [7, 11) is 0. The maximum Gasteiger partial charge on any atom is 4.00 e. The third-order valence-electron chi connectivity index (χ3n) is 2.12. The zero-order chi connectivity index (χ0) is 25.4. The molecule has 0 saturated carbocycles. The molecule has 0 aliphatic carbocycles. The second kappa shape index (κ2) is 51.0. The normalized spacial score (nSPS) is 6.84. The number of allylic oxidation sites excluding steroid dienone is 4. The maximum absolute atomic E-state index is 9.93. The van der Waals surface area contributed by atoms with Gasteiger partial charge >= 0.3 is 26.2 Å². The maximum atomic E-state index is 9.93. The number of rotatable bonds is 8. The van der Waals surface area contributed by atoms with Crippen LogP contribution in [0, 0.1) is 22.7 Å². The molecule has 0 saturated heterocycles. The minimum Gasteiger partial charge on any atom is -0.876 e. The fourth-order valence-corrected chi connectivity index (χ4v) is 1.12. The molecule has 0 aromatic heterocycles. The van der Waals surface area contributed by atoms with Crippen LogP contribution in [0.2, 0.25) is 0 Å². The molecule has 0 heterocycles. The van der Waals surface area contributed by atoms with E-state index >= 15 is 0 Å². The summed E-state index contributed by atoms with van der Waals surface area (Å²) in [5.41, 5.74) is 0. The first-order chi connectivity index (χ1) is 13.9. The molecule has 0 rings (SSSR count). The Morgan fingerprint density at radius 3 is 0.645 bits per heavy atom. The SMILES string of the molecule is C=C([O-])CCC.C=C([O-])CCC.C=C([O-])CCC.C=C([O-])CCC.CC#N.CC#N.[Zr+4]. The van der Waals surface area contributed by atoms with Crippen LogP contribution in [0.15, 0.2) is 49.4 Å². The Bertz CT molecular complexity index is 403. The van der Waals surface area contributed by atoms with E-state index in [4.69, 9.17) is 10.5 Å². The Labute approximate surface area is 211 Å². The van der Waals surface area contributed by atoms with Crippen molar-refractivity contribution in [2.75, 3.05) is 0 Å². The van der Waals surface area contributed by atoms with Crippen molar-refractivity contribution in [1.29, 1.82) is 10.5 Å². The molecule has 0 aliphatic heterocycles. The Kier molecular flexibility index (Phi) is 77.4. The van der Waals surface area contributed by atoms with Crippen molar-refractivity contribution < 1.29 is 46.6 Å². The first-order valence-electron chi connectivity index (χ1n) is 9.92. The minimum absolute atomic E-state index is 0. The standard InChI is InChI=1S/4C5H10O.2C2H3N.Zr/c4*1-3-4-5(2)6;2*1-2-3;/h4*6H,2-4H2,1H3;2*1H3;/q;;;;;;+4/p-4. The smallest absolute Gasteiger partial charge is 0.876 e. The zero-order valence-corrected chi connectivity index (χ0v) is 23.0. The van der Waals surface area contributed by atoms with Crippen LogP contribution in [0.5, 0.6) is 0 Å². The van der Waals surface area contributed by atoms with Crippen molar-refractivity contribution in [1.82, 2.24) is 0 Å². The minimum atomic E-state index is 0. The summed E-state index contributed by atoms with van der Waals surface area (Å²) in [6.45, 7) is 23.5. The van der Waals surface area contributed by atoms with E-state index in [0.717, 1.165) is 25.7 Å². The summed E-state index contributed by atoms with van der Waals surface area (Å²) in [6, 6.07) is 3.50. The summed E-state index contributed by atoms with van der Waals surface area (Å²) >= 11 is 0. The first-order valence-corrected chi connectivity index (χ1v) is 9.92. The van der Waals surface area contributed by atoms with Crippen LogP contribution in [-0.4, -0.2) is 0 Å².